The number of ether oxygens (including phenoxy) is 1. The molecule has 0 aliphatic carbocycles. The van der Waals surface area contributed by atoms with Crippen LogP contribution in [0.25, 0.3) is 22.3 Å². The molecule has 5 rings (SSSR count). The first kappa shape index (κ1) is 23.6. The van der Waals surface area contributed by atoms with E-state index >= 15 is 0 Å². The van der Waals surface area contributed by atoms with E-state index in [2.05, 4.69) is 57.1 Å². The number of para-hydroxylation sites is 2. The molecule has 7 nitrogen and oxygen atoms in total. The van der Waals surface area contributed by atoms with E-state index in [1.54, 1.807) is 0 Å². The number of benzene rings is 2. The Balaban J connectivity index is 1.39. The monoisotopic (exact) mass is 489 g/mol. The summed E-state index contributed by atoms with van der Waals surface area (Å²) in [5.74, 6) is 1.32. The molecule has 1 atom stereocenters. The average Bonchev–Trinajstić information content (AvgIpc) is 3.59. The van der Waals surface area contributed by atoms with Gasteiger partial charge < -0.3 is 15.0 Å². The van der Waals surface area contributed by atoms with Crippen LogP contribution in [0.5, 0.6) is 0 Å². The number of carbonyl (C=O) groups is 1. The molecule has 1 aliphatic rings. The van der Waals surface area contributed by atoms with Crippen molar-refractivity contribution in [2.24, 2.45) is 0 Å². The second-order valence-electron chi connectivity index (χ2n) is 9.33. The Hall–Kier alpha value is -3.10. The van der Waals surface area contributed by atoms with E-state index in [9.17, 15) is 4.79 Å². The fraction of sp³-hybridized carbons (Fsp3) is 0.370. The average molecular weight is 490 g/mol. The Kier molecular flexibility index (Phi) is 6.92. The van der Waals surface area contributed by atoms with Gasteiger partial charge in [-0.1, -0.05) is 62.0 Å². The van der Waals surface area contributed by atoms with Gasteiger partial charge in [-0.3, -0.25) is 9.36 Å². The van der Waals surface area contributed by atoms with Crippen LogP contribution in [-0.4, -0.2) is 44.1 Å². The zero-order valence-corrected chi connectivity index (χ0v) is 21.2. The van der Waals surface area contributed by atoms with Crippen LogP contribution in [-0.2, 0) is 16.1 Å². The Labute approximate surface area is 209 Å². The molecule has 3 heterocycles. The third kappa shape index (κ3) is 4.99. The zero-order chi connectivity index (χ0) is 24.4. The van der Waals surface area contributed by atoms with Gasteiger partial charge in [0.2, 0.25) is 5.91 Å². The summed E-state index contributed by atoms with van der Waals surface area (Å²) in [5.41, 5.74) is 5.18. The maximum Gasteiger partial charge on any atom is 0.234 e. The number of hydrogen-bond donors (Lipinski definition) is 2. The van der Waals surface area contributed by atoms with E-state index in [0.29, 0.717) is 12.5 Å². The maximum absolute atomic E-state index is 13.0. The number of aryl methyl sites for hydroxylation is 1. The van der Waals surface area contributed by atoms with Crippen LogP contribution in [0.4, 0.5) is 5.69 Å². The summed E-state index contributed by atoms with van der Waals surface area (Å²) >= 11 is 1.41. The lowest BCUT2D eigenvalue weighted by Gasteiger charge is -2.17. The molecule has 182 valence electrons. The number of carbonyl (C=O) groups excluding carboxylic acids is 1. The molecular formula is C27H31N5O2S. The normalized spacial score (nSPS) is 15.8. The van der Waals surface area contributed by atoms with Gasteiger partial charge in [-0.2, -0.15) is 0 Å². The van der Waals surface area contributed by atoms with Crippen molar-refractivity contribution in [1.82, 2.24) is 19.7 Å². The van der Waals surface area contributed by atoms with Crippen molar-refractivity contribution in [3.05, 3.63) is 59.8 Å². The number of thioether (sulfide) groups is 1. The lowest BCUT2D eigenvalue weighted by molar-refractivity contribution is -0.113. The van der Waals surface area contributed by atoms with Gasteiger partial charge >= 0.3 is 0 Å². The second kappa shape index (κ2) is 10.3. The number of aromatic amines is 1. The molecule has 35 heavy (non-hydrogen) atoms. The summed E-state index contributed by atoms with van der Waals surface area (Å²) in [6, 6.07) is 14.3. The number of hydrogen-bond acceptors (Lipinski definition) is 5. The minimum Gasteiger partial charge on any atom is -0.376 e. The first-order chi connectivity index (χ1) is 17.0. The number of rotatable bonds is 8. The summed E-state index contributed by atoms with van der Waals surface area (Å²) in [6.45, 7) is 7.76. The van der Waals surface area contributed by atoms with Crippen LogP contribution in [0.1, 0.15) is 43.7 Å². The molecule has 0 bridgehead atoms. The van der Waals surface area contributed by atoms with E-state index in [0.717, 1.165) is 63.7 Å². The summed E-state index contributed by atoms with van der Waals surface area (Å²) < 4.78 is 8.03. The molecule has 1 unspecified atom stereocenters. The highest BCUT2D eigenvalue weighted by atomic mass is 32.2. The van der Waals surface area contributed by atoms with Gasteiger partial charge in [0, 0.05) is 35.0 Å². The Morgan fingerprint density at radius 2 is 2.09 bits per heavy atom. The smallest absolute Gasteiger partial charge is 0.234 e. The molecule has 1 aliphatic heterocycles. The predicted molar refractivity (Wildman–Crippen MR) is 141 cm³/mol. The topological polar surface area (TPSA) is 84.8 Å². The van der Waals surface area contributed by atoms with Gasteiger partial charge in [0.05, 0.1) is 18.4 Å². The van der Waals surface area contributed by atoms with E-state index in [1.165, 1.54) is 11.8 Å². The minimum atomic E-state index is -0.0495. The number of fused-ring (bicyclic) bond motifs is 1. The molecule has 0 spiro atoms. The first-order valence-corrected chi connectivity index (χ1v) is 13.1. The third-order valence-electron chi connectivity index (χ3n) is 6.48. The maximum atomic E-state index is 13.0. The number of anilines is 1. The fourth-order valence-corrected chi connectivity index (χ4v) is 5.40. The van der Waals surface area contributed by atoms with Crippen molar-refractivity contribution in [1.29, 1.82) is 0 Å². The predicted octanol–water partition coefficient (Wildman–Crippen LogP) is 5.77. The SMILES string of the molecule is Cc1cccc(C(C)C)c1NC(=O)CSc1nnc(-c2c[nH]c3ccccc23)n1CC1CCCO1. The highest BCUT2D eigenvalue weighted by molar-refractivity contribution is 7.99. The second-order valence-corrected chi connectivity index (χ2v) is 10.3. The standard InChI is InChI=1S/C27H31N5O2S/c1-17(2)20-11-6-8-18(3)25(20)29-24(33)16-35-27-31-30-26(32(27)15-19-9-7-13-34-19)22-14-28-23-12-5-4-10-21(22)23/h4-6,8,10-12,14,17,19,28H,7,9,13,15-16H2,1-3H3,(H,29,33). The highest BCUT2D eigenvalue weighted by Gasteiger charge is 2.24. The Morgan fingerprint density at radius 1 is 1.23 bits per heavy atom. The molecule has 1 saturated heterocycles. The van der Waals surface area contributed by atoms with E-state index in [1.807, 2.05) is 37.4 Å². The highest BCUT2D eigenvalue weighted by Crippen LogP contribution is 2.32. The molecule has 2 aromatic carbocycles. The molecular weight excluding hydrogens is 458 g/mol. The van der Waals surface area contributed by atoms with Crippen LogP contribution in [0.15, 0.2) is 53.8 Å². The summed E-state index contributed by atoms with van der Waals surface area (Å²) in [7, 11) is 0. The van der Waals surface area contributed by atoms with Crippen molar-refractivity contribution >= 4 is 34.3 Å². The number of nitrogens with zero attached hydrogens (tertiary/aromatic N) is 3. The zero-order valence-electron chi connectivity index (χ0n) is 20.4. The molecule has 2 N–H and O–H groups in total. The van der Waals surface area contributed by atoms with Crippen LogP contribution >= 0.6 is 11.8 Å². The molecule has 1 fully saturated rings. The van der Waals surface area contributed by atoms with Gasteiger partial charge in [-0.15, -0.1) is 10.2 Å². The Morgan fingerprint density at radius 3 is 2.89 bits per heavy atom. The van der Waals surface area contributed by atoms with Gasteiger partial charge in [-0.25, -0.2) is 0 Å². The molecule has 2 aromatic heterocycles. The van der Waals surface area contributed by atoms with Crippen molar-refractivity contribution < 1.29 is 9.53 Å². The summed E-state index contributed by atoms with van der Waals surface area (Å²) in [6.07, 6.45) is 4.19. The van der Waals surface area contributed by atoms with E-state index in [-0.39, 0.29) is 17.8 Å². The lowest BCUT2D eigenvalue weighted by Crippen LogP contribution is -2.19. The largest absolute Gasteiger partial charge is 0.376 e. The van der Waals surface area contributed by atoms with Crippen molar-refractivity contribution in [3.63, 3.8) is 0 Å². The van der Waals surface area contributed by atoms with Crippen LogP contribution in [0.2, 0.25) is 0 Å². The first-order valence-electron chi connectivity index (χ1n) is 12.1. The lowest BCUT2D eigenvalue weighted by atomic mass is 9.98. The van der Waals surface area contributed by atoms with Gasteiger partial charge in [0.1, 0.15) is 0 Å². The van der Waals surface area contributed by atoms with Crippen molar-refractivity contribution in [2.45, 2.75) is 57.3 Å². The third-order valence-corrected chi connectivity index (χ3v) is 7.45. The van der Waals surface area contributed by atoms with Gasteiger partial charge in [0.15, 0.2) is 11.0 Å². The molecule has 4 aromatic rings. The van der Waals surface area contributed by atoms with Gasteiger partial charge in [-0.05, 0) is 42.9 Å². The van der Waals surface area contributed by atoms with E-state index < -0.39 is 0 Å². The van der Waals surface area contributed by atoms with Crippen LogP contribution in [0.3, 0.4) is 0 Å². The van der Waals surface area contributed by atoms with E-state index in [4.69, 9.17) is 4.74 Å². The van der Waals surface area contributed by atoms with Crippen molar-refractivity contribution in [3.8, 4) is 11.4 Å². The summed E-state index contributed by atoms with van der Waals surface area (Å²) in [5, 5.41) is 14.0. The van der Waals surface area contributed by atoms with Crippen LogP contribution in [0, 0.1) is 6.92 Å². The van der Waals surface area contributed by atoms with Crippen LogP contribution < -0.4 is 5.32 Å². The minimum absolute atomic E-state index is 0.0495. The fourth-order valence-electron chi connectivity index (χ4n) is 4.66. The van der Waals surface area contributed by atoms with Crippen molar-refractivity contribution in [2.75, 3.05) is 17.7 Å². The van der Waals surface area contributed by atoms with Gasteiger partial charge in [0.25, 0.3) is 0 Å². The number of amides is 1. The summed E-state index contributed by atoms with van der Waals surface area (Å²) in [4.78, 5) is 16.3. The molecule has 0 saturated carbocycles. The molecule has 0 radical (unpaired) electrons. The quantitative estimate of drug-likeness (QED) is 0.307. The molecule has 8 heteroatoms. The molecule has 1 amide bonds. The number of aromatic nitrogens is 4. The number of nitrogens with one attached hydrogen (secondary N) is 2. The Bertz CT molecular complexity index is 1340. The number of H-pyrrole nitrogens is 1.